The second-order valence-electron chi connectivity index (χ2n) is 7.11. The van der Waals surface area contributed by atoms with E-state index in [0.717, 1.165) is 6.42 Å². The van der Waals surface area contributed by atoms with Crippen LogP contribution >= 0.6 is 0 Å². The number of carbonyl (C=O) groups excluding carboxylic acids is 1. The third-order valence-electron chi connectivity index (χ3n) is 5.11. The summed E-state index contributed by atoms with van der Waals surface area (Å²) in [4.78, 5) is 12.7. The lowest BCUT2D eigenvalue weighted by Gasteiger charge is -2.27. The molecule has 1 unspecified atom stereocenters. The molecule has 0 saturated heterocycles. The number of ether oxygens (including phenoxy) is 4. The van der Waals surface area contributed by atoms with Crippen molar-refractivity contribution in [3.05, 3.63) is 82.4 Å². The van der Waals surface area contributed by atoms with Gasteiger partial charge in [-0.25, -0.2) is 4.79 Å². The molecule has 1 aliphatic rings. The zero-order valence-corrected chi connectivity index (χ0v) is 18.4. The standard InChI is InChI=1S/C25H26N2O5/c1-4-30-25(28)22-16(2)32-24(27)19(15-26)23(22)18-10-11-20(21(14-18)29-3)31-13-12-17-8-6-5-7-9-17/h5-11,14,23H,4,12-13,27H2,1-3H3. The quantitative estimate of drug-likeness (QED) is 0.627. The summed E-state index contributed by atoms with van der Waals surface area (Å²) in [6, 6.07) is 17.4. The number of carbonyl (C=O) groups is 1. The highest BCUT2D eigenvalue weighted by atomic mass is 16.5. The van der Waals surface area contributed by atoms with Gasteiger partial charge in [0, 0.05) is 6.42 Å². The highest BCUT2D eigenvalue weighted by Crippen LogP contribution is 2.42. The van der Waals surface area contributed by atoms with Crippen LogP contribution in [0.1, 0.15) is 30.9 Å². The lowest BCUT2D eigenvalue weighted by molar-refractivity contribution is -0.139. The van der Waals surface area contributed by atoms with Crippen LogP contribution in [-0.2, 0) is 20.7 Å². The lowest BCUT2D eigenvalue weighted by atomic mass is 9.83. The van der Waals surface area contributed by atoms with E-state index in [4.69, 9.17) is 24.7 Å². The van der Waals surface area contributed by atoms with Crippen molar-refractivity contribution in [2.75, 3.05) is 20.3 Å². The zero-order valence-electron chi connectivity index (χ0n) is 18.4. The number of esters is 1. The molecule has 2 aromatic rings. The van der Waals surface area contributed by atoms with Gasteiger partial charge in [-0.1, -0.05) is 36.4 Å². The normalized spacial score (nSPS) is 15.6. The number of nitrogens with two attached hydrogens (primary N) is 1. The number of nitrogens with zero attached hydrogens (tertiary/aromatic N) is 1. The second kappa shape index (κ2) is 10.4. The zero-order chi connectivity index (χ0) is 23.1. The Morgan fingerprint density at radius 1 is 1.19 bits per heavy atom. The Kier molecular flexibility index (Phi) is 7.40. The van der Waals surface area contributed by atoms with Crippen LogP contribution in [-0.4, -0.2) is 26.3 Å². The van der Waals surface area contributed by atoms with E-state index < -0.39 is 11.9 Å². The molecule has 166 valence electrons. The van der Waals surface area contributed by atoms with E-state index in [2.05, 4.69) is 6.07 Å². The van der Waals surface area contributed by atoms with Crippen molar-refractivity contribution >= 4 is 5.97 Å². The first-order valence-corrected chi connectivity index (χ1v) is 10.3. The molecule has 1 heterocycles. The van der Waals surface area contributed by atoms with E-state index in [1.807, 2.05) is 30.3 Å². The molecule has 0 bridgehead atoms. The summed E-state index contributed by atoms with van der Waals surface area (Å²) in [6.07, 6.45) is 0.749. The molecule has 0 fully saturated rings. The third-order valence-corrected chi connectivity index (χ3v) is 5.11. The van der Waals surface area contributed by atoms with Crippen LogP contribution in [0.25, 0.3) is 0 Å². The largest absolute Gasteiger partial charge is 0.493 e. The summed E-state index contributed by atoms with van der Waals surface area (Å²) in [5.41, 5.74) is 8.14. The first kappa shape index (κ1) is 22.8. The van der Waals surface area contributed by atoms with Gasteiger partial charge >= 0.3 is 5.97 Å². The Bertz CT molecular complexity index is 1080. The number of methoxy groups -OCH3 is 1. The Balaban J connectivity index is 1.91. The molecule has 3 rings (SSSR count). The van der Waals surface area contributed by atoms with Gasteiger partial charge in [0.2, 0.25) is 5.88 Å². The fraction of sp³-hybridized carbons (Fsp3) is 0.280. The molecule has 7 nitrogen and oxygen atoms in total. The second-order valence-corrected chi connectivity index (χ2v) is 7.11. The average Bonchev–Trinajstić information content (AvgIpc) is 2.79. The fourth-order valence-electron chi connectivity index (χ4n) is 3.59. The van der Waals surface area contributed by atoms with Crippen LogP contribution < -0.4 is 15.2 Å². The van der Waals surface area contributed by atoms with Crippen LogP contribution in [0.3, 0.4) is 0 Å². The number of benzene rings is 2. The van der Waals surface area contributed by atoms with Crippen molar-refractivity contribution in [3.63, 3.8) is 0 Å². The molecular weight excluding hydrogens is 408 g/mol. The summed E-state index contributed by atoms with van der Waals surface area (Å²) in [5.74, 6) is 0.0154. The SMILES string of the molecule is CCOC(=O)C1=C(C)OC(N)=C(C#N)C1c1ccc(OCCc2ccccc2)c(OC)c1. The van der Waals surface area contributed by atoms with Gasteiger partial charge < -0.3 is 24.7 Å². The van der Waals surface area contributed by atoms with Crippen molar-refractivity contribution in [2.24, 2.45) is 5.73 Å². The van der Waals surface area contributed by atoms with Gasteiger partial charge in [-0.3, -0.25) is 0 Å². The van der Waals surface area contributed by atoms with Gasteiger partial charge in [0.1, 0.15) is 17.4 Å². The van der Waals surface area contributed by atoms with Gasteiger partial charge in [0.05, 0.1) is 31.8 Å². The summed E-state index contributed by atoms with van der Waals surface area (Å²) >= 11 is 0. The van der Waals surface area contributed by atoms with Gasteiger partial charge in [0.15, 0.2) is 11.5 Å². The monoisotopic (exact) mass is 434 g/mol. The summed E-state index contributed by atoms with van der Waals surface area (Å²) in [6.45, 7) is 4.01. The van der Waals surface area contributed by atoms with Gasteiger partial charge in [0.25, 0.3) is 0 Å². The lowest BCUT2D eigenvalue weighted by Crippen LogP contribution is -2.25. The van der Waals surface area contributed by atoms with Crippen molar-refractivity contribution in [3.8, 4) is 17.6 Å². The topological polar surface area (TPSA) is 104 Å². The first-order chi connectivity index (χ1) is 15.5. The van der Waals surface area contributed by atoms with Gasteiger partial charge in [-0.15, -0.1) is 0 Å². The summed E-state index contributed by atoms with van der Waals surface area (Å²) in [7, 11) is 1.54. The molecule has 1 atom stereocenters. The predicted molar refractivity (Wildman–Crippen MR) is 119 cm³/mol. The summed E-state index contributed by atoms with van der Waals surface area (Å²) < 4.78 is 22.1. The molecule has 0 aliphatic carbocycles. The van der Waals surface area contributed by atoms with Crippen LogP contribution in [0.5, 0.6) is 11.5 Å². The van der Waals surface area contributed by atoms with E-state index in [1.54, 1.807) is 32.0 Å². The molecule has 0 radical (unpaired) electrons. The minimum absolute atomic E-state index is 0.0368. The van der Waals surface area contributed by atoms with E-state index in [9.17, 15) is 10.1 Å². The molecule has 2 N–H and O–H groups in total. The smallest absolute Gasteiger partial charge is 0.338 e. The van der Waals surface area contributed by atoms with Crippen LogP contribution in [0.15, 0.2) is 71.3 Å². The molecule has 0 saturated carbocycles. The number of hydrogen-bond acceptors (Lipinski definition) is 7. The molecule has 2 aromatic carbocycles. The van der Waals surface area contributed by atoms with E-state index >= 15 is 0 Å². The van der Waals surface area contributed by atoms with Crippen molar-refractivity contribution in [1.29, 1.82) is 5.26 Å². The maximum absolute atomic E-state index is 12.7. The number of nitriles is 1. The van der Waals surface area contributed by atoms with Crippen molar-refractivity contribution < 1.29 is 23.7 Å². The first-order valence-electron chi connectivity index (χ1n) is 10.3. The molecular formula is C25H26N2O5. The fourth-order valence-corrected chi connectivity index (χ4v) is 3.59. The van der Waals surface area contributed by atoms with E-state index in [0.29, 0.717) is 29.4 Å². The van der Waals surface area contributed by atoms with Crippen molar-refractivity contribution in [1.82, 2.24) is 0 Å². The Morgan fingerprint density at radius 2 is 1.94 bits per heavy atom. The maximum atomic E-state index is 12.7. The Labute approximate surface area is 187 Å². The van der Waals surface area contributed by atoms with Crippen LogP contribution in [0.2, 0.25) is 0 Å². The van der Waals surface area contributed by atoms with E-state index in [-0.39, 0.29) is 23.6 Å². The van der Waals surface area contributed by atoms with E-state index in [1.165, 1.54) is 12.7 Å². The minimum atomic E-state index is -0.736. The molecule has 0 spiro atoms. The third kappa shape index (κ3) is 4.86. The molecule has 0 amide bonds. The van der Waals surface area contributed by atoms with Crippen molar-refractivity contribution in [2.45, 2.75) is 26.2 Å². The Hall–Kier alpha value is -3.92. The minimum Gasteiger partial charge on any atom is -0.493 e. The number of rotatable bonds is 8. The average molecular weight is 434 g/mol. The van der Waals surface area contributed by atoms with Gasteiger partial charge in [-0.2, -0.15) is 5.26 Å². The molecule has 32 heavy (non-hydrogen) atoms. The maximum Gasteiger partial charge on any atom is 0.338 e. The van der Waals surface area contributed by atoms with Gasteiger partial charge in [-0.05, 0) is 37.1 Å². The molecule has 1 aliphatic heterocycles. The molecule has 0 aromatic heterocycles. The highest BCUT2D eigenvalue weighted by Gasteiger charge is 2.36. The number of allylic oxidation sites excluding steroid dienone is 2. The Morgan fingerprint density at radius 3 is 2.59 bits per heavy atom. The molecule has 7 heteroatoms. The number of hydrogen-bond donors (Lipinski definition) is 1. The summed E-state index contributed by atoms with van der Waals surface area (Å²) in [5, 5.41) is 9.72. The van der Waals surface area contributed by atoms with Crippen LogP contribution in [0, 0.1) is 11.3 Å². The highest BCUT2D eigenvalue weighted by molar-refractivity contribution is 5.92. The van der Waals surface area contributed by atoms with Crippen LogP contribution in [0.4, 0.5) is 0 Å². The predicted octanol–water partition coefficient (Wildman–Crippen LogP) is 3.96.